The molecule has 26 heavy (non-hydrogen) atoms. The summed E-state index contributed by atoms with van der Waals surface area (Å²) in [5.74, 6) is -0.928. The molecule has 0 saturated heterocycles. The van der Waals surface area contributed by atoms with Gasteiger partial charge in [-0.15, -0.1) is 0 Å². The Morgan fingerprint density at radius 2 is 1.81 bits per heavy atom. The Hall–Kier alpha value is -2.99. The topological polar surface area (TPSA) is 61.5 Å². The number of hydrogen-bond acceptors (Lipinski definition) is 3. The summed E-state index contributed by atoms with van der Waals surface area (Å²) in [5.41, 5.74) is 1.78. The van der Waals surface area contributed by atoms with Crippen LogP contribution in [0.2, 0.25) is 0 Å². The van der Waals surface area contributed by atoms with E-state index in [1.54, 1.807) is 22.4 Å². The number of nitrogens with zero attached hydrogens (tertiary/aromatic N) is 2. The fourth-order valence-electron chi connectivity index (χ4n) is 2.71. The molecule has 0 radical (unpaired) electrons. The highest BCUT2D eigenvalue weighted by Crippen LogP contribution is 2.22. The third kappa shape index (κ3) is 3.97. The molecule has 6 heteroatoms. The van der Waals surface area contributed by atoms with Gasteiger partial charge in [0.15, 0.2) is 6.54 Å². The van der Waals surface area contributed by atoms with Crippen LogP contribution < -0.4 is 9.47 Å². The van der Waals surface area contributed by atoms with Gasteiger partial charge in [0, 0.05) is 31.0 Å². The zero-order chi connectivity index (χ0) is 18.5. The van der Waals surface area contributed by atoms with Crippen LogP contribution in [0.15, 0.2) is 60.8 Å². The van der Waals surface area contributed by atoms with Gasteiger partial charge >= 0.3 is 5.97 Å². The number of aryl methyl sites for hydroxylation is 1. The number of aliphatic carboxylic acids is 1. The van der Waals surface area contributed by atoms with Gasteiger partial charge in [0.05, 0.1) is 0 Å². The van der Waals surface area contributed by atoms with Gasteiger partial charge < -0.3 is 5.11 Å². The Morgan fingerprint density at radius 1 is 1.12 bits per heavy atom. The molecule has 0 aliphatic heterocycles. The third-order valence-electron chi connectivity index (χ3n) is 3.93. The maximum Gasteiger partial charge on any atom is 0.309 e. The number of carbonyl (C=O) groups is 2. The van der Waals surface area contributed by atoms with Crippen LogP contribution in [-0.4, -0.2) is 17.0 Å². The molecule has 5 nitrogen and oxygen atoms in total. The van der Waals surface area contributed by atoms with E-state index in [0.29, 0.717) is 6.54 Å². The Balaban J connectivity index is 1.98. The highest BCUT2D eigenvalue weighted by atomic mass is 32.1. The van der Waals surface area contributed by atoms with E-state index in [2.05, 4.69) is 0 Å². The molecular formula is C20H19N2O3S+. The molecule has 1 amide bonds. The highest BCUT2D eigenvalue weighted by molar-refractivity contribution is 7.18. The largest absolute Gasteiger partial charge is 0.481 e. The monoisotopic (exact) mass is 367 g/mol. The lowest BCUT2D eigenvalue weighted by Crippen LogP contribution is -2.36. The first-order chi connectivity index (χ1) is 12.6. The molecule has 1 N–H and O–H groups in total. The average molecular weight is 367 g/mol. The highest BCUT2D eigenvalue weighted by Gasteiger charge is 2.19. The molecule has 3 aromatic rings. The molecule has 0 spiro atoms. The van der Waals surface area contributed by atoms with Gasteiger partial charge in [-0.25, -0.2) is 0 Å². The molecule has 0 unspecified atom stereocenters. The van der Waals surface area contributed by atoms with Crippen molar-refractivity contribution < 1.29 is 19.3 Å². The minimum Gasteiger partial charge on any atom is -0.481 e. The number of amides is 1. The van der Waals surface area contributed by atoms with Crippen LogP contribution >= 0.6 is 11.3 Å². The summed E-state index contributed by atoms with van der Waals surface area (Å²) in [6, 6.07) is 17.3. The van der Waals surface area contributed by atoms with E-state index in [0.717, 1.165) is 20.9 Å². The molecule has 0 saturated carbocycles. The van der Waals surface area contributed by atoms with E-state index in [-0.39, 0.29) is 12.3 Å². The molecule has 0 aliphatic carbocycles. The lowest BCUT2D eigenvalue weighted by molar-refractivity contribution is -0.667. The quantitative estimate of drug-likeness (QED) is 0.676. The summed E-state index contributed by atoms with van der Waals surface area (Å²) in [6.07, 6.45) is 3.64. The number of hydrogen-bond donors (Lipinski definition) is 1. The van der Waals surface area contributed by atoms with E-state index in [4.69, 9.17) is 5.11 Å². The summed E-state index contributed by atoms with van der Waals surface area (Å²) < 4.78 is 3.06. The standard InChI is InChI=1S/C20H18N2O3S/c1-15(23)21(16-7-3-2-4-8-16)13-11-19-22(14-12-20(24)25)17-9-5-6-10-18(17)26-19/h2-11,13H,12,14H2,1H3/p+1. The summed E-state index contributed by atoms with van der Waals surface area (Å²) in [5, 5.41) is 9.93. The molecule has 1 heterocycles. The minimum absolute atomic E-state index is 0.0430. The van der Waals surface area contributed by atoms with Gasteiger partial charge in [-0.1, -0.05) is 41.7 Å². The summed E-state index contributed by atoms with van der Waals surface area (Å²) in [4.78, 5) is 24.6. The van der Waals surface area contributed by atoms with Crippen LogP contribution in [0, 0.1) is 0 Å². The van der Waals surface area contributed by atoms with Crippen molar-refractivity contribution in [1.29, 1.82) is 0 Å². The average Bonchev–Trinajstić information content (AvgIpc) is 2.98. The number of carboxylic acid groups (broad SMARTS) is 1. The van der Waals surface area contributed by atoms with Crippen molar-refractivity contribution >= 4 is 45.2 Å². The SMILES string of the molecule is CC(=O)N(C=Cc1sc2ccccc2[n+]1CCC(=O)O)c1ccccc1. The first-order valence-electron chi connectivity index (χ1n) is 8.22. The molecule has 1 aromatic heterocycles. The Bertz CT molecular complexity index is 964. The first-order valence-corrected chi connectivity index (χ1v) is 9.04. The van der Waals surface area contributed by atoms with Gasteiger partial charge in [-0.3, -0.25) is 14.5 Å². The van der Waals surface area contributed by atoms with E-state index in [1.165, 1.54) is 6.92 Å². The van der Waals surface area contributed by atoms with Crippen molar-refractivity contribution in [3.05, 3.63) is 65.8 Å². The molecule has 0 fully saturated rings. The molecule has 132 valence electrons. The first kappa shape index (κ1) is 17.8. The van der Waals surface area contributed by atoms with Gasteiger partial charge in [0.2, 0.25) is 11.4 Å². The summed E-state index contributed by atoms with van der Waals surface area (Å²) >= 11 is 1.57. The summed E-state index contributed by atoms with van der Waals surface area (Å²) in [6.45, 7) is 1.89. The van der Waals surface area contributed by atoms with E-state index >= 15 is 0 Å². The Labute approximate surface area is 155 Å². The molecule has 0 bridgehead atoms. The fourth-order valence-corrected chi connectivity index (χ4v) is 3.80. The van der Waals surface area contributed by atoms with Crippen LogP contribution in [0.3, 0.4) is 0 Å². The number of fused-ring (bicyclic) bond motifs is 1. The lowest BCUT2D eigenvalue weighted by Gasteiger charge is -2.15. The number of para-hydroxylation sites is 2. The van der Waals surface area contributed by atoms with Crippen molar-refractivity contribution in [3.8, 4) is 0 Å². The zero-order valence-corrected chi connectivity index (χ0v) is 15.1. The van der Waals surface area contributed by atoms with E-state index in [9.17, 15) is 9.59 Å². The predicted octanol–water partition coefficient (Wildman–Crippen LogP) is 3.69. The number of carboxylic acids is 1. The Morgan fingerprint density at radius 3 is 2.50 bits per heavy atom. The summed E-state index contributed by atoms with van der Waals surface area (Å²) in [7, 11) is 0. The number of rotatable bonds is 6. The van der Waals surface area contributed by atoms with Crippen LogP contribution in [0.5, 0.6) is 0 Å². The molecular weight excluding hydrogens is 348 g/mol. The maximum absolute atomic E-state index is 12.0. The smallest absolute Gasteiger partial charge is 0.309 e. The van der Waals surface area contributed by atoms with E-state index in [1.807, 2.05) is 65.2 Å². The van der Waals surface area contributed by atoms with Crippen LogP contribution in [-0.2, 0) is 16.1 Å². The number of benzene rings is 2. The van der Waals surface area contributed by atoms with Crippen molar-refractivity contribution in [1.82, 2.24) is 0 Å². The zero-order valence-electron chi connectivity index (χ0n) is 14.3. The second-order valence-corrected chi connectivity index (χ2v) is 6.81. The number of thiazole rings is 1. The third-order valence-corrected chi connectivity index (χ3v) is 5.06. The molecule has 3 rings (SSSR count). The normalized spacial score (nSPS) is 11.1. The van der Waals surface area contributed by atoms with Gasteiger partial charge in [0.1, 0.15) is 11.1 Å². The number of carbonyl (C=O) groups excluding carboxylic acids is 1. The molecule has 2 aromatic carbocycles. The second kappa shape index (κ2) is 7.93. The van der Waals surface area contributed by atoms with Crippen LogP contribution in [0.1, 0.15) is 18.4 Å². The van der Waals surface area contributed by atoms with Gasteiger partial charge in [-0.05, 0) is 18.2 Å². The molecule has 0 aliphatic rings. The second-order valence-electron chi connectivity index (χ2n) is 5.74. The fraction of sp³-hybridized carbons (Fsp3) is 0.150. The lowest BCUT2D eigenvalue weighted by atomic mass is 10.3. The number of aromatic nitrogens is 1. The Kier molecular flexibility index (Phi) is 5.43. The van der Waals surface area contributed by atoms with Crippen molar-refractivity contribution in [3.63, 3.8) is 0 Å². The van der Waals surface area contributed by atoms with Crippen molar-refractivity contribution in [2.75, 3.05) is 4.90 Å². The van der Waals surface area contributed by atoms with Gasteiger partial charge in [0.25, 0.3) is 5.01 Å². The van der Waals surface area contributed by atoms with Crippen molar-refractivity contribution in [2.45, 2.75) is 19.9 Å². The van der Waals surface area contributed by atoms with Crippen LogP contribution in [0.4, 0.5) is 5.69 Å². The van der Waals surface area contributed by atoms with Gasteiger partial charge in [-0.2, -0.15) is 4.57 Å². The number of anilines is 1. The van der Waals surface area contributed by atoms with E-state index < -0.39 is 5.97 Å². The maximum atomic E-state index is 12.0. The van der Waals surface area contributed by atoms with Crippen LogP contribution in [0.25, 0.3) is 16.3 Å². The molecule has 0 atom stereocenters. The van der Waals surface area contributed by atoms with Crippen molar-refractivity contribution in [2.24, 2.45) is 0 Å². The minimum atomic E-state index is -0.836. The predicted molar refractivity (Wildman–Crippen MR) is 103 cm³/mol.